The Bertz CT molecular complexity index is 484. The summed E-state index contributed by atoms with van der Waals surface area (Å²) >= 11 is 0. The van der Waals surface area contributed by atoms with Crippen molar-refractivity contribution in [3.63, 3.8) is 0 Å². The van der Waals surface area contributed by atoms with Crippen LogP contribution in [0.3, 0.4) is 0 Å². The first-order valence-electron chi connectivity index (χ1n) is 7.69. The smallest absolute Gasteiger partial charge is 0.161 e. The Morgan fingerprint density at radius 2 is 1.95 bits per heavy atom. The van der Waals surface area contributed by atoms with Crippen LogP contribution in [0.4, 0.5) is 0 Å². The predicted octanol–water partition coefficient (Wildman–Crippen LogP) is 3.12. The van der Waals surface area contributed by atoms with Gasteiger partial charge in [0.25, 0.3) is 0 Å². The van der Waals surface area contributed by atoms with Crippen LogP contribution < -0.4 is 14.8 Å². The Morgan fingerprint density at radius 1 is 1.20 bits per heavy atom. The second kappa shape index (κ2) is 5.28. The lowest BCUT2D eigenvalue weighted by Gasteiger charge is -2.20. The van der Waals surface area contributed by atoms with E-state index in [1.807, 2.05) is 6.07 Å². The van der Waals surface area contributed by atoms with Crippen LogP contribution in [0.25, 0.3) is 0 Å². The SMILES string of the molecule is CCC1CC1(CNC1CC1)c1ccc(OC)c(OC)c1. The van der Waals surface area contributed by atoms with Crippen LogP contribution in [0, 0.1) is 5.92 Å². The van der Waals surface area contributed by atoms with Crippen molar-refractivity contribution in [1.82, 2.24) is 5.32 Å². The topological polar surface area (TPSA) is 30.5 Å². The minimum Gasteiger partial charge on any atom is -0.493 e. The van der Waals surface area contributed by atoms with E-state index in [1.54, 1.807) is 14.2 Å². The zero-order valence-electron chi connectivity index (χ0n) is 12.7. The molecule has 0 amide bonds. The maximum absolute atomic E-state index is 5.46. The summed E-state index contributed by atoms with van der Waals surface area (Å²) in [5.41, 5.74) is 1.71. The second-order valence-corrected chi connectivity index (χ2v) is 6.19. The maximum Gasteiger partial charge on any atom is 0.161 e. The van der Waals surface area contributed by atoms with E-state index in [2.05, 4.69) is 24.4 Å². The molecule has 1 aromatic carbocycles. The monoisotopic (exact) mass is 275 g/mol. The van der Waals surface area contributed by atoms with Gasteiger partial charge in [0.2, 0.25) is 0 Å². The van der Waals surface area contributed by atoms with Crippen LogP contribution in [0.5, 0.6) is 11.5 Å². The van der Waals surface area contributed by atoms with Gasteiger partial charge in [0.05, 0.1) is 14.2 Å². The van der Waals surface area contributed by atoms with Gasteiger partial charge >= 0.3 is 0 Å². The number of methoxy groups -OCH3 is 2. The molecule has 2 aliphatic rings. The van der Waals surface area contributed by atoms with E-state index in [4.69, 9.17) is 9.47 Å². The van der Waals surface area contributed by atoms with Crippen LogP contribution >= 0.6 is 0 Å². The minimum atomic E-state index is 0.316. The fourth-order valence-corrected chi connectivity index (χ4v) is 3.35. The summed E-state index contributed by atoms with van der Waals surface area (Å²) in [6, 6.07) is 7.19. The number of nitrogens with one attached hydrogen (secondary N) is 1. The third kappa shape index (κ3) is 2.39. The Kier molecular flexibility index (Phi) is 3.63. The van der Waals surface area contributed by atoms with Crippen molar-refractivity contribution in [2.24, 2.45) is 5.92 Å². The van der Waals surface area contributed by atoms with Gasteiger partial charge in [-0.3, -0.25) is 0 Å². The first-order valence-corrected chi connectivity index (χ1v) is 7.69. The van der Waals surface area contributed by atoms with Gasteiger partial charge < -0.3 is 14.8 Å². The molecule has 2 fully saturated rings. The zero-order valence-corrected chi connectivity index (χ0v) is 12.7. The Balaban J connectivity index is 1.83. The highest BCUT2D eigenvalue weighted by Gasteiger charge is 2.54. The van der Waals surface area contributed by atoms with Gasteiger partial charge in [0.1, 0.15) is 0 Å². The van der Waals surface area contributed by atoms with Crippen LogP contribution in [0.15, 0.2) is 18.2 Å². The van der Waals surface area contributed by atoms with Crippen LogP contribution in [0.2, 0.25) is 0 Å². The molecule has 0 saturated heterocycles. The van der Waals surface area contributed by atoms with E-state index >= 15 is 0 Å². The highest BCUT2D eigenvalue weighted by molar-refractivity contribution is 5.47. The average molecular weight is 275 g/mol. The third-order valence-corrected chi connectivity index (χ3v) is 4.97. The summed E-state index contributed by atoms with van der Waals surface area (Å²) in [4.78, 5) is 0. The molecule has 0 aliphatic heterocycles. The molecule has 2 aliphatic carbocycles. The molecule has 2 atom stereocenters. The Hall–Kier alpha value is -1.22. The summed E-state index contributed by atoms with van der Waals surface area (Å²) in [6.07, 6.45) is 5.23. The summed E-state index contributed by atoms with van der Waals surface area (Å²) in [7, 11) is 3.40. The lowest BCUT2D eigenvalue weighted by molar-refractivity contribution is 0.353. The predicted molar refractivity (Wildman–Crippen MR) is 80.6 cm³/mol. The van der Waals surface area contributed by atoms with Crippen molar-refractivity contribution in [2.45, 2.75) is 44.1 Å². The van der Waals surface area contributed by atoms with Crippen molar-refractivity contribution >= 4 is 0 Å². The lowest BCUT2D eigenvalue weighted by atomic mass is 9.91. The molecule has 0 radical (unpaired) electrons. The molecule has 2 saturated carbocycles. The van der Waals surface area contributed by atoms with E-state index in [9.17, 15) is 0 Å². The van der Waals surface area contributed by atoms with Gasteiger partial charge in [0, 0.05) is 18.0 Å². The lowest BCUT2D eigenvalue weighted by Crippen LogP contribution is -2.30. The molecule has 0 heterocycles. The van der Waals surface area contributed by atoms with Crippen molar-refractivity contribution in [3.05, 3.63) is 23.8 Å². The first-order chi connectivity index (χ1) is 9.73. The van der Waals surface area contributed by atoms with Crippen LogP contribution in [-0.2, 0) is 5.41 Å². The molecular formula is C17H25NO2. The van der Waals surface area contributed by atoms with Crippen molar-refractivity contribution in [2.75, 3.05) is 20.8 Å². The van der Waals surface area contributed by atoms with E-state index in [1.165, 1.54) is 31.2 Å². The van der Waals surface area contributed by atoms with Gasteiger partial charge in [-0.05, 0) is 42.9 Å². The molecule has 1 aromatic rings. The van der Waals surface area contributed by atoms with Gasteiger partial charge in [0.15, 0.2) is 11.5 Å². The van der Waals surface area contributed by atoms with E-state index in [-0.39, 0.29) is 0 Å². The summed E-state index contributed by atoms with van der Waals surface area (Å²) in [6.45, 7) is 3.40. The molecule has 110 valence electrons. The van der Waals surface area contributed by atoms with Crippen LogP contribution in [0.1, 0.15) is 38.2 Å². The molecule has 0 aromatic heterocycles. The largest absolute Gasteiger partial charge is 0.493 e. The Morgan fingerprint density at radius 3 is 2.50 bits per heavy atom. The summed E-state index contributed by atoms with van der Waals surface area (Å²) < 4.78 is 10.8. The summed E-state index contributed by atoms with van der Waals surface area (Å²) in [5, 5.41) is 3.72. The van der Waals surface area contributed by atoms with E-state index in [0.717, 1.165) is 30.0 Å². The van der Waals surface area contributed by atoms with Gasteiger partial charge in [-0.1, -0.05) is 19.4 Å². The quantitative estimate of drug-likeness (QED) is 0.829. The molecule has 3 rings (SSSR count). The molecule has 2 unspecified atom stereocenters. The van der Waals surface area contributed by atoms with Crippen molar-refractivity contribution in [3.8, 4) is 11.5 Å². The molecule has 0 spiro atoms. The fraction of sp³-hybridized carbons (Fsp3) is 0.647. The van der Waals surface area contributed by atoms with E-state index in [0.29, 0.717) is 5.41 Å². The fourth-order valence-electron chi connectivity index (χ4n) is 3.35. The standard InChI is InChI=1S/C17H25NO2/c1-4-12-10-17(12,11-18-14-6-7-14)13-5-8-15(19-2)16(9-13)20-3/h5,8-9,12,14,18H,4,6-7,10-11H2,1-3H3. The molecule has 20 heavy (non-hydrogen) atoms. The Labute approximate surface area is 121 Å². The maximum atomic E-state index is 5.46. The van der Waals surface area contributed by atoms with Gasteiger partial charge in [-0.15, -0.1) is 0 Å². The molecule has 1 N–H and O–H groups in total. The molecule has 0 bridgehead atoms. The minimum absolute atomic E-state index is 0.316. The number of rotatable bonds is 7. The molecule has 3 nitrogen and oxygen atoms in total. The average Bonchev–Trinajstić information content (AvgIpc) is 3.38. The van der Waals surface area contributed by atoms with Crippen molar-refractivity contribution < 1.29 is 9.47 Å². The third-order valence-electron chi connectivity index (χ3n) is 4.97. The number of benzene rings is 1. The normalized spacial score (nSPS) is 28.2. The second-order valence-electron chi connectivity index (χ2n) is 6.19. The number of hydrogen-bond donors (Lipinski definition) is 1. The zero-order chi connectivity index (χ0) is 14.2. The summed E-state index contributed by atoms with van der Waals surface area (Å²) in [5.74, 6) is 2.46. The van der Waals surface area contributed by atoms with Gasteiger partial charge in [-0.25, -0.2) is 0 Å². The molecular weight excluding hydrogens is 250 g/mol. The first kappa shape index (κ1) is 13.7. The molecule has 3 heteroatoms. The highest BCUT2D eigenvalue weighted by Crippen LogP contribution is 2.56. The number of ether oxygens (including phenoxy) is 2. The highest BCUT2D eigenvalue weighted by atomic mass is 16.5. The number of hydrogen-bond acceptors (Lipinski definition) is 3. The van der Waals surface area contributed by atoms with Crippen molar-refractivity contribution in [1.29, 1.82) is 0 Å². The van der Waals surface area contributed by atoms with Crippen LogP contribution in [-0.4, -0.2) is 26.8 Å². The van der Waals surface area contributed by atoms with Gasteiger partial charge in [-0.2, -0.15) is 0 Å². The van der Waals surface area contributed by atoms with E-state index < -0.39 is 0 Å².